The predicted octanol–water partition coefficient (Wildman–Crippen LogP) is 5.14. The first kappa shape index (κ1) is 21.8. The molecule has 1 aliphatic carbocycles. The van der Waals surface area contributed by atoms with Gasteiger partial charge in [-0.2, -0.15) is 5.10 Å². The van der Waals surface area contributed by atoms with Crippen molar-refractivity contribution in [2.75, 3.05) is 0 Å². The summed E-state index contributed by atoms with van der Waals surface area (Å²) in [6.07, 6.45) is 8.01. The van der Waals surface area contributed by atoms with Crippen molar-refractivity contribution in [2.45, 2.75) is 70.4 Å². The van der Waals surface area contributed by atoms with Gasteiger partial charge in [-0.15, -0.1) is 0 Å². The Morgan fingerprint density at radius 3 is 2.23 bits per heavy atom. The number of nitrogens with two attached hydrogens (primary N) is 1. The van der Waals surface area contributed by atoms with Crippen LogP contribution in [0.1, 0.15) is 57.7 Å². The molecule has 0 atom stereocenters. The van der Waals surface area contributed by atoms with Gasteiger partial charge in [0.15, 0.2) is 0 Å². The molecule has 6 nitrogen and oxygen atoms in total. The molecule has 2 N–H and O–H groups in total. The number of aromatic nitrogens is 3. The van der Waals surface area contributed by atoms with Gasteiger partial charge in [-0.3, -0.25) is 4.68 Å². The third kappa shape index (κ3) is 4.48. The number of rotatable bonds is 6. The first-order valence-corrected chi connectivity index (χ1v) is 12.7. The number of benzene rings is 1. The van der Waals surface area contributed by atoms with E-state index in [9.17, 15) is 8.42 Å². The van der Waals surface area contributed by atoms with E-state index < -0.39 is 10.0 Å². The van der Waals surface area contributed by atoms with Gasteiger partial charge in [-0.1, -0.05) is 43.5 Å². The van der Waals surface area contributed by atoms with Crippen molar-refractivity contribution >= 4 is 10.0 Å². The Hall–Kier alpha value is -2.38. The highest BCUT2D eigenvalue weighted by Crippen LogP contribution is 2.33. The Balaban J connectivity index is 1.73. The van der Waals surface area contributed by atoms with Crippen molar-refractivity contribution in [1.29, 1.82) is 0 Å². The van der Waals surface area contributed by atoms with Crippen molar-refractivity contribution in [3.8, 4) is 22.5 Å². The summed E-state index contributed by atoms with van der Waals surface area (Å²) < 4.78 is 28.6. The van der Waals surface area contributed by atoms with Crippen LogP contribution >= 0.6 is 0 Å². The molecule has 1 aliphatic rings. The van der Waals surface area contributed by atoms with Crippen molar-refractivity contribution in [2.24, 2.45) is 11.1 Å². The second kappa shape index (κ2) is 8.63. The van der Waals surface area contributed by atoms with E-state index in [2.05, 4.69) is 47.8 Å². The molecule has 4 rings (SSSR count). The zero-order valence-electron chi connectivity index (χ0n) is 18.6. The van der Waals surface area contributed by atoms with E-state index in [4.69, 9.17) is 5.14 Å². The molecule has 1 saturated carbocycles. The molecule has 166 valence electrons. The lowest BCUT2D eigenvalue weighted by atomic mass is 9.89. The number of primary sulfonamides is 1. The number of hydrogen-bond acceptors (Lipinski definition) is 3. The van der Waals surface area contributed by atoms with Crippen molar-refractivity contribution in [3.05, 3.63) is 48.3 Å². The van der Waals surface area contributed by atoms with Crippen molar-refractivity contribution in [3.63, 3.8) is 0 Å². The monoisotopic (exact) mass is 440 g/mol. The zero-order chi connectivity index (χ0) is 22.2. The van der Waals surface area contributed by atoms with Crippen molar-refractivity contribution < 1.29 is 8.42 Å². The molecule has 31 heavy (non-hydrogen) atoms. The van der Waals surface area contributed by atoms with Gasteiger partial charge in [-0.05, 0) is 62.8 Å². The second-order valence-electron chi connectivity index (χ2n) is 8.97. The molecule has 2 heterocycles. The van der Waals surface area contributed by atoms with E-state index in [0.29, 0.717) is 5.92 Å². The van der Waals surface area contributed by atoms with Crippen LogP contribution < -0.4 is 5.14 Å². The van der Waals surface area contributed by atoms with Crippen LogP contribution in [0.2, 0.25) is 0 Å². The highest BCUT2D eigenvalue weighted by Gasteiger charge is 2.23. The Labute approximate surface area is 185 Å². The van der Waals surface area contributed by atoms with Crippen LogP contribution in [-0.2, 0) is 16.6 Å². The van der Waals surface area contributed by atoms with Crippen LogP contribution in [0, 0.1) is 12.8 Å². The summed E-state index contributed by atoms with van der Waals surface area (Å²) >= 11 is 0. The summed E-state index contributed by atoms with van der Waals surface area (Å²) in [6, 6.07) is 12.3. The molecular formula is C24H32N4O2S. The lowest BCUT2D eigenvalue weighted by Crippen LogP contribution is -2.17. The molecule has 1 aromatic carbocycles. The highest BCUT2D eigenvalue weighted by atomic mass is 32.2. The van der Waals surface area contributed by atoms with Crippen LogP contribution in [0.15, 0.2) is 47.5 Å². The SMILES string of the molecule is Cc1c(S(N)(=O)=O)cc(-c2ccc(-c3ccnn3C(C)C)cc2)n1CC1CCCCC1. The molecule has 0 spiro atoms. The molecule has 3 aromatic rings. The Morgan fingerprint density at radius 1 is 1.03 bits per heavy atom. The summed E-state index contributed by atoms with van der Waals surface area (Å²) in [4.78, 5) is 0.222. The van der Waals surface area contributed by atoms with Gasteiger partial charge in [0.1, 0.15) is 4.90 Å². The summed E-state index contributed by atoms with van der Waals surface area (Å²) in [5, 5.41) is 9.96. The third-order valence-corrected chi connectivity index (χ3v) is 7.45. The normalized spacial score (nSPS) is 15.6. The largest absolute Gasteiger partial charge is 0.343 e. The predicted molar refractivity (Wildman–Crippen MR) is 124 cm³/mol. The Kier molecular flexibility index (Phi) is 6.08. The van der Waals surface area contributed by atoms with Gasteiger partial charge < -0.3 is 4.57 Å². The van der Waals surface area contributed by atoms with Crippen molar-refractivity contribution in [1.82, 2.24) is 14.3 Å². The Morgan fingerprint density at radius 2 is 1.65 bits per heavy atom. The van der Waals surface area contributed by atoms with Gasteiger partial charge in [0, 0.05) is 30.2 Å². The van der Waals surface area contributed by atoms with Gasteiger partial charge >= 0.3 is 0 Å². The number of nitrogens with zero attached hydrogens (tertiary/aromatic N) is 3. The fourth-order valence-corrected chi connectivity index (χ4v) is 5.57. The maximum absolute atomic E-state index is 12.2. The molecule has 0 aliphatic heterocycles. The minimum atomic E-state index is -3.78. The lowest BCUT2D eigenvalue weighted by molar-refractivity contribution is 0.318. The van der Waals surface area contributed by atoms with E-state index in [0.717, 1.165) is 34.8 Å². The molecule has 0 amide bonds. The molecule has 0 unspecified atom stereocenters. The van der Waals surface area contributed by atoms with E-state index in [1.807, 2.05) is 23.9 Å². The molecule has 7 heteroatoms. The molecule has 0 radical (unpaired) electrons. The lowest BCUT2D eigenvalue weighted by Gasteiger charge is -2.24. The maximum atomic E-state index is 12.2. The molecule has 2 aromatic heterocycles. The molecule has 0 bridgehead atoms. The smallest absolute Gasteiger partial charge is 0.239 e. The van der Waals surface area contributed by atoms with Gasteiger partial charge in [0.2, 0.25) is 10.0 Å². The molecule has 1 fully saturated rings. The topological polar surface area (TPSA) is 82.9 Å². The van der Waals surface area contributed by atoms with Crippen LogP contribution in [0.4, 0.5) is 0 Å². The molecule has 0 saturated heterocycles. The van der Waals surface area contributed by atoms with Crippen LogP contribution in [-0.4, -0.2) is 22.8 Å². The third-order valence-electron chi connectivity index (χ3n) is 6.43. The summed E-state index contributed by atoms with van der Waals surface area (Å²) in [5.74, 6) is 0.576. The first-order valence-electron chi connectivity index (χ1n) is 11.1. The van der Waals surface area contributed by atoms with Crippen LogP contribution in [0.25, 0.3) is 22.5 Å². The Bertz CT molecular complexity index is 1150. The quantitative estimate of drug-likeness (QED) is 0.576. The van der Waals surface area contributed by atoms with Crippen LogP contribution in [0.5, 0.6) is 0 Å². The zero-order valence-corrected chi connectivity index (χ0v) is 19.4. The van der Waals surface area contributed by atoms with Gasteiger partial charge in [0.05, 0.1) is 5.69 Å². The van der Waals surface area contributed by atoms with E-state index >= 15 is 0 Å². The van der Waals surface area contributed by atoms with E-state index in [-0.39, 0.29) is 10.9 Å². The summed E-state index contributed by atoms with van der Waals surface area (Å²) in [6.45, 7) is 6.92. The average Bonchev–Trinajstić information content (AvgIpc) is 3.35. The van der Waals surface area contributed by atoms with Crippen LogP contribution in [0.3, 0.4) is 0 Å². The maximum Gasteiger partial charge on any atom is 0.239 e. The summed E-state index contributed by atoms with van der Waals surface area (Å²) in [5.41, 5.74) is 4.79. The van der Waals surface area contributed by atoms with E-state index in [1.54, 1.807) is 6.07 Å². The number of hydrogen-bond donors (Lipinski definition) is 1. The molecular weight excluding hydrogens is 408 g/mol. The first-order chi connectivity index (χ1) is 14.8. The minimum Gasteiger partial charge on any atom is -0.343 e. The fourth-order valence-electron chi connectivity index (χ4n) is 4.78. The standard InChI is InChI=1S/C24H32N4O2S/c1-17(2)28-22(13-14-26-28)20-9-11-21(12-10-20)23-15-24(31(25,29)30)18(3)27(23)16-19-7-5-4-6-8-19/h9-15,17,19H,4-8,16H2,1-3H3,(H2,25,29,30). The average molecular weight is 441 g/mol. The summed E-state index contributed by atoms with van der Waals surface area (Å²) in [7, 11) is -3.78. The minimum absolute atomic E-state index is 0.222. The number of sulfonamides is 1. The van der Waals surface area contributed by atoms with Gasteiger partial charge in [0.25, 0.3) is 0 Å². The van der Waals surface area contributed by atoms with Gasteiger partial charge in [-0.25, -0.2) is 13.6 Å². The second-order valence-corrected chi connectivity index (χ2v) is 10.5. The van der Waals surface area contributed by atoms with E-state index in [1.165, 1.54) is 32.1 Å². The fraction of sp³-hybridized carbons (Fsp3) is 0.458. The highest BCUT2D eigenvalue weighted by molar-refractivity contribution is 7.89.